The number of hydrogen-bond acceptors (Lipinski definition) is 7. The van der Waals surface area contributed by atoms with E-state index in [1.54, 1.807) is 6.20 Å². The lowest BCUT2D eigenvalue weighted by Gasteiger charge is -2.34. The van der Waals surface area contributed by atoms with E-state index in [9.17, 15) is 18.0 Å². The van der Waals surface area contributed by atoms with Gasteiger partial charge < -0.3 is 19.9 Å². The number of carbonyl (C=O) groups is 1. The third-order valence-electron chi connectivity index (χ3n) is 4.48. The van der Waals surface area contributed by atoms with Crippen LogP contribution in [0, 0.1) is 0 Å². The predicted octanol–water partition coefficient (Wildman–Crippen LogP) is 2.20. The topological polar surface area (TPSA) is 73.8 Å². The summed E-state index contributed by atoms with van der Waals surface area (Å²) in [5.41, 5.74) is 0.405. The van der Waals surface area contributed by atoms with Crippen molar-refractivity contribution in [2.45, 2.75) is 6.36 Å². The lowest BCUT2D eigenvalue weighted by molar-refractivity contribution is -0.274. The first kappa shape index (κ1) is 21.6. The number of ether oxygens (including phenoxy) is 1. The van der Waals surface area contributed by atoms with Crippen LogP contribution in [0.5, 0.6) is 5.75 Å². The fourth-order valence-corrected chi connectivity index (χ4v) is 2.99. The Balaban J connectivity index is 1.47. The molecule has 2 aromatic rings. The second-order valence-electron chi connectivity index (χ2n) is 6.99. The van der Waals surface area contributed by atoms with Gasteiger partial charge in [-0.2, -0.15) is 4.98 Å². The van der Waals surface area contributed by atoms with Crippen molar-refractivity contribution in [1.82, 2.24) is 14.9 Å². The van der Waals surface area contributed by atoms with Crippen LogP contribution in [0.15, 0.2) is 36.5 Å². The fourth-order valence-electron chi connectivity index (χ4n) is 2.99. The number of amides is 1. The van der Waals surface area contributed by atoms with Crippen LogP contribution in [-0.4, -0.2) is 74.0 Å². The van der Waals surface area contributed by atoms with Crippen LogP contribution < -0.4 is 19.9 Å². The predicted molar refractivity (Wildman–Crippen MR) is 107 cm³/mol. The van der Waals surface area contributed by atoms with Gasteiger partial charge in [0.1, 0.15) is 11.6 Å². The van der Waals surface area contributed by atoms with E-state index in [4.69, 9.17) is 0 Å². The minimum Gasteiger partial charge on any atom is -0.406 e. The first-order valence-electron chi connectivity index (χ1n) is 9.33. The monoisotopic (exact) mass is 424 g/mol. The van der Waals surface area contributed by atoms with Crippen LogP contribution in [0.3, 0.4) is 0 Å². The normalized spacial score (nSPS) is 15.0. The molecular weight excluding hydrogens is 401 g/mol. The Morgan fingerprint density at radius 1 is 1.13 bits per heavy atom. The summed E-state index contributed by atoms with van der Waals surface area (Å²) in [6.07, 6.45) is -3.02. The molecule has 11 heteroatoms. The molecule has 162 valence electrons. The maximum Gasteiger partial charge on any atom is 0.573 e. The number of hydrogen-bond donors (Lipinski definition) is 1. The third-order valence-corrected chi connectivity index (χ3v) is 4.48. The van der Waals surface area contributed by atoms with Crippen LogP contribution in [-0.2, 0) is 4.79 Å². The van der Waals surface area contributed by atoms with Gasteiger partial charge in [-0.05, 0) is 30.3 Å². The Morgan fingerprint density at radius 3 is 2.40 bits per heavy atom. The number of aromatic nitrogens is 2. The molecule has 0 spiro atoms. The van der Waals surface area contributed by atoms with Crippen LogP contribution >= 0.6 is 0 Å². The molecule has 1 aromatic heterocycles. The van der Waals surface area contributed by atoms with Gasteiger partial charge >= 0.3 is 6.36 Å². The summed E-state index contributed by atoms with van der Waals surface area (Å²) in [5.74, 6) is 0.913. The average molecular weight is 424 g/mol. The molecule has 1 saturated heterocycles. The Labute approximate surface area is 172 Å². The molecule has 3 rings (SSSR count). The molecular formula is C19H23F3N6O2. The molecule has 0 aliphatic carbocycles. The summed E-state index contributed by atoms with van der Waals surface area (Å²) in [4.78, 5) is 27.1. The molecule has 0 bridgehead atoms. The summed E-state index contributed by atoms with van der Waals surface area (Å²) in [6.45, 7) is 2.90. The van der Waals surface area contributed by atoms with Gasteiger partial charge in [-0.15, -0.1) is 13.2 Å². The molecule has 1 amide bonds. The zero-order chi connectivity index (χ0) is 21.7. The number of anilines is 3. The fraction of sp³-hybridized carbons (Fsp3) is 0.421. The SMILES string of the molecule is CN(C)c1ccnc(N2CCN(CC(=O)Nc3ccc(OC(F)(F)F)cc3)CC2)n1. The highest BCUT2D eigenvalue weighted by molar-refractivity contribution is 5.92. The Hall–Kier alpha value is -3.08. The van der Waals surface area contributed by atoms with Crippen molar-refractivity contribution in [3.63, 3.8) is 0 Å². The van der Waals surface area contributed by atoms with Crippen molar-refractivity contribution in [2.24, 2.45) is 0 Å². The van der Waals surface area contributed by atoms with Gasteiger partial charge in [0.2, 0.25) is 11.9 Å². The molecule has 0 radical (unpaired) electrons. The number of piperazine rings is 1. The zero-order valence-corrected chi connectivity index (χ0v) is 16.7. The number of halogens is 3. The number of alkyl halides is 3. The van der Waals surface area contributed by atoms with Crippen molar-refractivity contribution in [2.75, 3.05) is 61.9 Å². The van der Waals surface area contributed by atoms with Gasteiger partial charge in [0.05, 0.1) is 6.54 Å². The second-order valence-corrected chi connectivity index (χ2v) is 6.99. The summed E-state index contributed by atoms with van der Waals surface area (Å²) in [6, 6.07) is 6.89. The highest BCUT2D eigenvalue weighted by Gasteiger charge is 2.31. The first-order chi connectivity index (χ1) is 14.2. The first-order valence-corrected chi connectivity index (χ1v) is 9.33. The summed E-state index contributed by atoms with van der Waals surface area (Å²) in [7, 11) is 3.83. The number of nitrogens with zero attached hydrogens (tertiary/aromatic N) is 5. The summed E-state index contributed by atoms with van der Waals surface area (Å²) >= 11 is 0. The van der Waals surface area contributed by atoms with Crippen LogP contribution in [0.2, 0.25) is 0 Å². The largest absolute Gasteiger partial charge is 0.573 e. The van der Waals surface area contributed by atoms with Gasteiger partial charge in [0, 0.05) is 52.2 Å². The zero-order valence-electron chi connectivity index (χ0n) is 16.7. The number of rotatable bonds is 6. The van der Waals surface area contributed by atoms with E-state index in [-0.39, 0.29) is 18.2 Å². The molecule has 1 N–H and O–H groups in total. The van der Waals surface area contributed by atoms with Crippen molar-refractivity contribution in [1.29, 1.82) is 0 Å². The quantitative estimate of drug-likeness (QED) is 0.762. The van der Waals surface area contributed by atoms with Gasteiger partial charge in [0.15, 0.2) is 0 Å². The number of benzene rings is 1. The highest BCUT2D eigenvalue weighted by atomic mass is 19.4. The highest BCUT2D eigenvalue weighted by Crippen LogP contribution is 2.24. The molecule has 30 heavy (non-hydrogen) atoms. The lowest BCUT2D eigenvalue weighted by Crippen LogP contribution is -2.49. The van der Waals surface area contributed by atoms with Crippen LogP contribution in [0.4, 0.5) is 30.6 Å². The van der Waals surface area contributed by atoms with Gasteiger partial charge in [-0.3, -0.25) is 9.69 Å². The van der Waals surface area contributed by atoms with E-state index < -0.39 is 6.36 Å². The molecule has 1 fully saturated rings. The van der Waals surface area contributed by atoms with E-state index in [0.717, 1.165) is 18.0 Å². The summed E-state index contributed by atoms with van der Waals surface area (Å²) < 4.78 is 40.4. The van der Waals surface area contributed by atoms with E-state index >= 15 is 0 Å². The number of carbonyl (C=O) groups excluding carboxylic acids is 1. The third kappa shape index (κ3) is 6.21. The molecule has 0 unspecified atom stereocenters. The maximum atomic E-state index is 12.3. The van der Waals surface area contributed by atoms with E-state index in [1.165, 1.54) is 12.1 Å². The molecule has 1 aliphatic heterocycles. The Bertz CT molecular complexity index is 852. The van der Waals surface area contributed by atoms with Gasteiger partial charge in [-0.25, -0.2) is 4.98 Å². The van der Waals surface area contributed by atoms with Gasteiger partial charge in [-0.1, -0.05) is 0 Å². The molecule has 1 aromatic carbocycles. The Morgan fingerprint density at radius 2 is 1.80 bits per heavy atom. The maximum absolute atomic E-state index is 12.3. The van der Waals surface area contributed by atoms with E-state index in [2.05, 4.69) is 24.9 Å². The lowest BCUT2D eigenvalue weighted by atomic mass is 10.3. The van der Waals surface area contributed by atoms with Crippen molar-refractivity contribution in [3.05, 3.63) is 36.5 Å². The van der Waals surface area contributed by atoms with Crippen molar-refractivity contribution >= 4 is 23.4 Å². The molecule has 8 nitrogen and oxygen atoms in total. The van der Waals surface area contributed by atoms with Gasteiger partial charge in [0.25, 0.3) is 0 Å². The summed E-state index contributed by atoms with van der Waals surface area (Å²) in [5, 5.41) is 2.68. The van der Waals surface area contributed by atoms with Crippen LogP contribution in [0.25, 0.3) is 0 Å². The molecule has 1 aliphatic rings. The second kappa shape index (κ2) is 9.16. The minimum atomic E-state index is -4.74. The standard InChI is InChI=1S/C19H23F3N6O2/c1-26(2)16-7-8-23-18(25-16)28-11-9-27(10-12-28)13-17(29)24-14-3-5-15(6-4-14)30-19(20,21)22/h3-8H,9-13H2,1-2H3,(H,24,29). The van der Waals surface area contributed by atoms with Crippen LogP contribution in [0.1, 0.15) is 0 Å². The molecule has 2 heterocycles. The smallest absolute Gasteiger partial charge is 0.406 e. The van der Waals surface area contributed by atoms with E-state index in [1.807, 2.05) is 30.0 Å². The van der Waals surface area contributed by atoms with E-state index in [0.29, 0.717) is 37.8 Å². The van der Waals surface area contributed by atoms with Crippen molar-refractivity contribution in [3.8, 4) is 5.75 Å². The number of nitrogens with one attached hydrogen (secondary N) is 1. The average Bonchev–Trinajstić information content (AvgIpc) is 2.69. The Kier molecular flexibility index (Phi) is 6.60. The minimum absolute atomic E-state index is 0.188. The van der Waals surface area contributed by atoms with Crippen molar-refractivity contribution < 1.29 is 22.7 Å². The molecule has 0 saturated carbocycles. The molecule has 0 atom stereocenters.